The highest BCUT2D eigenvalue weighted by atomic mass is 35.5. The van der Waals surface area contributed by atoms with Crippen LogP contribution in [0.2, 0.25) is 5.02 Å². The molecule has 1 atom stereocenters. The number of alkyl halides is 3. The van der Waals surface area contributed by atoms with Gasteiger partial charge in [-0.15, -0.1) is 0 Å². The van der Waals surface area contributed by atoms with Gasteiger partial charge in [0.1, 0.15) is 5.65 Å². The molecule has 1 N–H and O–H groups in total. The molecule has 5 rings (SSSR count). The van der Waals surface area contributed by atoms with Crippen molar-refractivity contribution in [2.24, 2.45) is 5.92 Å². The van der Waals surface area contributed by atoms with Crippen molar-refractivity contribution in [2.75, 3.05) is 7.05 Å². The lowest BCUT2D eigenvalue weighted by atomic mass is 9.97. The lowest BCUT2D eigenvalue weighted by molar-refractivity contribution is -0.137. The van der Waals surface area contributed by atoms with Crippen LogP contribution in [0.1, 0.15) is 63.9 Å². The Morgan fingerprint density at radius 1 is 1.12 bits per heavy atom. The van der Waals surface area contributed by atoms with E-state index in [9.17, 15) is 27.6 Å². The Kier molecular flexibility index (Phi) is 7.65. The zero-order chi connectivity index (χ0) is 30.5. The number of halogens is 4. The predicted octanol–water partition coefficient (Wildman–Crippen LogP) is 5.30. The summed E-state index contributed by atoms with van der Waals surface area (Å²) in [6, 6.07) is 9.29. The summed E-state index contributed by atoms with van der Waals surface area (Å²) in [7, 11) is 1.54. The Morgan fingerprint density at radius 3 is 2.40 bits per heavy atom. The van der Waals surface area contributed by atoms with Gasteiger partial charge in [0.05, 0.1) is 34.7 Å². The molecular formula is C30H29ClF3N5O3. The van der Waals surface area contributed by atoms with Crippen LogP contribution in [0.5, 0.6) is 0 Å². The Morgan fingerprint density at radius 2 is 1.79 bits per heavy atom. The number of nitrogens with zero attached hydrogens (tertiary/aromatic N) is 4. The summed E-state index contributed by atoms with van der Waals surface area (Å²) in [4.78, 5) is 41.2. The van der Waals surface area contributed by atoms with Crippen LogP contribution in [0.3, 0.4) is 0 Å². The number of amides is 2. The molecule has 0 radical (unpaired) electrons. The van der Waals surface area contributed by atoms with Crippen LogP contribution in [0.4, 0.5) is 13.2 Å². The smallest absolute Gasteiger partial charge is 0.355 e. The van der Waals surface area contributed by atoms with E-state index in [2.05, 4.69) is 10.4 Å². The first-order valence-corrected chi connectivity index (χ1v) is 13.8. The number of aromatic nitrogens is 3. The molecule has 2 amide bonds. The zero-order valence-corrected chi connectivity index (χ0v) is 24.2. The van der Waals surface area contributed by atoms with Gasteiger partial charge in [-0.05, 0) is 68.1 Å². The molecule has 0 bridgehead atoms. The van der Waals surface area contributed by atoms with Gasteiger partial charge in [0, 0.05) is 35.3 Å². The van der Waals surface area contributed by atoms with Crippen molar-refractivity contribution in [3.05, 3.63) is 97.5 Å². The van der Waals surface area contributed by atoms with Gasteiger partial charge in [-0.25, -0.2) is 4.52 Å². The molecule has 1 aliphatic heterocycles. The number of nitrogens with one attached hydrogen (secondary N) is 1. The van der Waals surface area contributed by atoms with E-state index in [0.29, 0.717) is 34.6 Å². The monoisotopic (exact) mass is 599 g/mol. The van der Waals surface area contributed by atoms with Gasteiger partial charge in [0.25, 0.3) is 17.4 Å². The third kappa shape index (κ3) is 5.17. The number of benzene rings is 2. The number of hydrogen-bond acceptors (Lipinski definition) is 4. The molecule has 8 nitrogen and oxygen atoms in total. The fourth-order valence-corrected chi connectivity index (χ4v) is 5.65. The first-order valence-electron chi connectivity index (χ1n) is 13.4. The van der Waals surface area contributed by atoms with E-state index in [1.54, 1.807) is 46.5 Å². The molecule has 0 fully saturated rings. The van der Waals surface area contributed by atoms with Gasteiger partial charge in [-0.3, -0.25) is 19.0 Å². The number of carbonyl (C=O) groups is 2. The zero-order valence-electron chi connectivity index (χ0n) is 23.4. The van der Waals surface area contributed by atoms with Crippen molar-refractivity contribution < 1.29 is 22.8 Å². The molecule has 220 valence electrons. The average Bonchev–Trinajstić information content (AvgIpc) is 3.34. The second-order valence-corrected chi connectivity index (χ2v) is 11.3. The first kappa shape index (κ1) is 29.4. The summed E-state index contributed by atoms with van der Waals surface area (Å²) in [5.74, 6) is -0.609. The van der Waals surface area contributed by atoms with Crippen molar-refractivity contribution in [2.45, 2.75) is 52.4 Å². The predicted molar refractivity (Wildman–Crippen MR) is 152 cm³/mol. The molecule has 0 aliphatic carbocycles. The second-order valence-electron chi connectivity index (χ2n) is 10.9. The van der Waals surface area contributed by atoms with E-state index in [4.69, 9.17) is 11.6 Å². The number of carbonyl (C=O) groups excluding carboxylic acids is 2. The molecule has 3 heterocycles. The third-order valence-electron chi connectivity index (χ3n) is 7.47. The normalized spacial score (nSPS) is 15.3. The van der Waals surface area contributed by atoms with E-state index in [0.717, 1.165) is 17.7 Å². The van der Waals surface area contributed by atoms with Gasteiger partial charge in [-0.1, -0.05) is 25.4 Å². The summed E-state index contributed by atoms with van der Waals surface area (Å²) >= 11 is 5.77. The quantitative estimate of drug-likeness (QED) is 0.337. The van der Waals surface area contributed by atoms with Crippen LogP contribution >= 0.6 is 11.6 Å². The Balaban J connectivity index is 1.64. The summed E-state index contributed by atoms with van der Waals surface area (Å²) in [5, 5.41) is 6.70. The SMILES string of the molecule is CNC(=O)c1ccc(-n2c(=O)c3c(n4ncc(CC(C)C)c24)CN(C(=O)c2ccc(Cl)c(C(F)(F)F)c2)[C@H](C)C3)cc1. The summed E-state index contributed by atoms with van der Waals surface area (Å²) in [6.45, 7) is 5.82. The van der Waals surface area contributed by atoms with Crippen molar-refractivity contribution in [3.63, 3.8) is 0 Å². The molecule has 0 spiro atoms. The highest BCUT2D eigenvalue weighted by Crippen LogP contribution is 2.36. The van der Waals surface area contributed by atoms with Crippen LogP contribution in [-0.2, 0) is 25.6 Å². The standard InChI is InChI=1S/C30H29ClF3N5O3/c1-16(2)11-20-14-36-39-25-15-37(28(41)19-7-10-24(31)23(13-19)30(32,33)34)17(3)12-22(25)29(42)38(27(20)39)21-8-5-18(6-9-21)26(40)35-4/h5-10,13-14,16-17H,11-12,15H2,1-4H3,(H,35,40)/t17-/m1/s1. The second kappa shape index (κ2) is 10.9. The molecule has 1 aliphatic rings. The van der Waals surface area contributed by atoms with Gasteiger partial charge in [-0.2, -0.15) is 18.3 Å². The summed E-state index contributed by atoms with van der Waals surface area (Å²) in [5.41, 5.74) is 1.80. The number of rotatable bonds is 5. The fourth-order valence-electron chi connectivity index (χ4n) is 5.43. The maximum Gasteiger partial charge on any atom is 0.417 e. The molecule has 0 saturated heterocycles. The minimum atomic E-state index is -4.72. The number of hydrogen-bond donors (Lipinski definition) is 1. The molecule has 4 aromatic rings. The largest absolute Gasteiger partial charge is 0.417 e. The van der Waals surface area contributed by atoms with Crippen LogP contribution in [0.25, 0.3) is 11.3 Å². The van der Waals surface area contributed by atoms with E-state index in [1.165, 1.54) is 18.0 Å². The lowest BCUT2D eigenvalue weighted by Crippen LogP contribution is -2.46. The highest BCUT2D eigenvalue weighted by molar-refractivity contribution is 6.31. The molecule has 2 aromatic heterocycles. The van der Waals surface area contributed by atoms with Crippen molar-refractivity contribution >= 4 is 29.1 Å². The van der Waals surface area contributed by atoms with Crippen molar-refractivity contribution in [3.8, 4) is 5.69 Å². The summed E-state index contributed by atoms with van der Waals surface area (Å²) in [6.07, 6.45) is -2.22. The lowest BCUT2D eigenvalue weighted by Gasteiger charge is -2.35. The van der Waals surface area contributed by atoms with Gasteiger partial charge < -0.3 is 10.2 Å². The van der Waals surface area contributed by atoms with Crippen molar-refractivity contribution in [1.82, 2.24) is 24.4 Å². The van der Waals surface area contributed by atoms with Crippen molar-refractivity contribution in [1.29, 1.82) is 0 Å². The van der Waals surface area contributed by atoms with Crippen LogP contribution in [0, 0.1) is 5.92 Å². The van der Waals surface area contributed by atoms with E-state index in [-0.39, 0.29) is 35.9 Å². The summed E-state index contributed by atoms with van der Waals surface area (Å²) < 4.78 is 43.7. The minimum absolute atomic E-state index is 0.0235. The van der Waals surface area contributed by atoms with E-state index in [1.807, 2.05) is 13.8 Å². The molecule has 42 heavy (non-hydrogen) atoms. The Bertz CT molecular complexity index is 1760. The minimum Gasteiger partial charge on any atom is -0.355 e. The average molecular weight is 600 g/mol. The topological polar surface area (TPSA) is 88.7 Å². The molecule has 0 saturated carbocycles. The maximum absolute atomic E-state index is 14.1. The van der Waals surface area contributed by atoms with Crippen LogP contribution < -0.4 is 10.9 Å². The van der Waals surface area contributed by atoms with Gasteiger partial charge in [0.2, 0.25) is 0 Å². The Hall–Kier alpha value is -4.12. The van der Waals surface area contributed by atoms with Crippen LogP contribution in [-0.4, -0.2) is 44.0 Å². The maximum atomic E-state index is 14.1. The Labute approximate surface area is 244 Å². The van der Waals surface area contributed by atoms with Gasteiger partial charge in [0.15, 0.2) is 0 Å². The van der Waals surface area contributed by atoms with E-state index < -0.39 is 28.7 Å². The third-order valence-corrected chi connectivity index (χ3v) is 7.80. The molecule has 12 heteroatoms. The van der Waals surface area contributed by atoms with Gasteiger partial charge >= 0.3 is 6.18 Å². The van der Waals surface area contributed by atoms with E-state index >= 15 is 0 Å². The first-order chi connectivity index (χ1) is 19.8. The fraction of sp³-hybridized carbons (Fsp3) is 0.333. The van der Waals surface area contributed by atoms with Crippen LogP contribution in [0.15, 0.2) is 53.5 Å². The molecule has 0 unspecified atom stereocenters. The highest BCUT2D eigenvalue weighted by Gasteiger charge is 2.36. The number of fused-ring (bicyclic) bond motifs is 3. The molecular weight excluding hydrogens is 571 g/mol. The molecule has 2 aromatic carbocycles.